The van der Waals surface area contributed by atoms with Gasteiger partial charge in [0, 0.05) is 5.56 Å². The molecular weight excluding hydrogens is 281 g/mol. The fourth-order valence-corrected chi connectivity index (χ4v) is 1.78. The highest BCUT2D eigenvalue weighted by atomic mass is 35.5. The molecule has 2 aromatic carbocycles. The van der Waals surface area contributed by atoms with E-state index in [1.54, 1.807) is 0 Å². The number of hydrogen-bond acceptors (Lipinski definition) is 1. The zero-order valence-corrected chi connectivity index (χ0v) is 10.0. The summed E-state index contributed by atoms with van der Waals surface area (Å²) in [4.78, 5) is 10.6. The third kappa shape index (κ3) is 2.42. The molecule has 0 aromatic heterocycles. The van der Waals surface area contributed by atoms with Gasteiger partial charge in [0.05, 0.1) is 10.6 Å². The maximum absolute atomic E-state index is 13.8. The first-order chi connectivity index (χ1) is 8.91. The molecule has 1 N–H and O–H groups in total. The SMILES string of the molecule is O=C(O)c1ccc(-c2ccc(F)c(Cl)c2)c(F)c1F. The van der Waals surface area contributed by atoms with Gasteiger partial charge in [-0.25, -0.2) is 18.0 Å². The zero-order valence-electron chi connectivity index (χ0n) is 9.25. The van der Waals surface area contributed by atoms with Crippen LogP contribution in [-0.4, -0.2) is 11.1 Å². The van der Waals surface area contributed by atoms with Crippen molar-refractivity contribution in [3.63, 3.8) is 0 Å². The predicted molar refractivity (Wildman–Crippen MR) is 63.7 cm³/mol. The first kappa shape index (κ1) is 13.4. The second-order valence-corrected chi connectivity index (χ2v) is 4.13. The quantitative estimate of drug-likeness (QED) is 0.901. The van der Waals surface area contributed by atoms with E-state index in [4.69, 9.17) is 16.7 Å². The Labute approximate surface area is 111 Å². The van der Waals surface area contributed by atoms with Crippen molar-refractivity contribution in [2.24, 2.45) is 0 Å². The van der Waals surface area contributed by atoms with Crippen molar-refractivity contribution in [1.82, 2.24) is 0 Å². The summed E-state index contributed by atoms with van der Waals surface area (Å²) in [5.74, 6) is -5.04. The number of aromatic carboxylic acids is 1. The first-order valence-corrected chi connectivity index (χ1v) is 5.46. The highest BCUT2D eigenvalue weighted by Crippen LogP contribution is 2.29. The van der Waals surface area contributed by atoms with Gasteiger partial charge in [0.1, 0.15) is 5.82 Å². The lowest BCUT2D eigenvalue weighted by Crippen LogP contribution is -2.03. The van der Waals surface area contributed by atoms with Crippen LogP contribution in [0.15, 0.2) is 30.3 Å². The molecule has 2 rings (SSSR count). The van der Waals surface area contributed by atoms with E-state index in [0.717, 1.165) is 24.3 Å². The highest BCUT2D eigenvalue weighted by Gasteiger charge is 2.19. The van der Waals surface area contributed by atoms with Gasteiger partial charge in [0.15, 0.2) is 11.6 Å². The van der Waals surface area contributed by atoms with Crippen LogP contribution in [0.4, 0.5) is 13.2 Å². The van der Waals surface area contributed by atoms with Gasteiger partial charge in [-0.3, -0.25) is 0 Å². The number of rotatable bonds is 2. The number of benzene rings is 2. The van der Waals surface area contributed by atoms with Crippen molar-refractivity contribution in [2.75, 3.05) is 0 Å². The van der Waals surface area contributed by atoms with E-state index in [2.05, 4.69) is 0 Å². The van der Waals surface area contributed by atoms with Gasteiger partial charge >= 0.3 is 5.97 Å². The largest absolute Gasteiger partial charge is 0.478 e. The summed E-state index contributed by atoms with van der Waals surface area (Å²) in [5.41, 5.74) is -0.807. The van der Waals surface area contributed by atoms with E-state index >= 15 is 0 Å². The Morgan fingerprint density at radius 3 is 2.32 bits per heavy atom. The maximum Gasteiger partial charge on any atom is 0.338 e. The van der Waals surface area contributed by atoms with E-state index in [1.165, 1.54) is 6.07 Å². The lowest BCUT2D eigenvalue weighted by Gasteiger charge is -2.07. The molecule has 6 heteroatoms. The molecular formula is C13H6ClF3O2. The molecule has 0 radical (unpaired) electrons. The van der Waals surface area contributed by atoms with Crippen LogP contribution in [0.1, 0.15) is 10.4 Å². The van der Waals surface area contributed by atoms with Crippen molar-refractivity contribution >= 4 is 17.6 Å². The molecule has 0 aliphatic rings. The minimum Gasteiger partial charge on any atom is -0.478 e. The molecule has 2 aromatic rings. The normalized spacial score (nSPS) is 10.5. The topological polar surface area (TPSA) is 37.3 Å². The monoisotopic (exact) mass is 286 g/mol. The number of carboxylic acids is 1. The summed E-state index contributed by atoms with van der Waals surface area (Å²) < 4.78 is 40.3. The Balaban J connectivity index is 2.60. The number of halogens is 4. The third-order valence-electron chi connectivity index (χ3n) is 2.54. The molecule has 0 bridgehead atoms. The van der Waals surface area contributed by atoms with Crippen LogP contribution in [0.25, 0.3) is 11.1 Å². The van der Waals surface area contributed by atoms with E-state index in [1.807, 2.05) is 0 Å². The molecule has 0 amide bonds. The molecule has 0 saturated carbocycles. The molecule has 0 fully saturated rings. The van der Waals surface area contributed by atoms with Gasteiger partial charge in [0.25, 0.3) is 0 Å². The Morgan fingerprint density at radius 2 is 1.74 bits per heavy atom. The Morgan fingerprint density at radius 1 is 1.05 bits per heavy atom. The Bertz CT molecular complexity index is 671. The molecule has 0 atom stereocenters. The van der Waals surface area contributed by atoms with Crippen molar-refractivity contribution in [2.45, 2.75) is 0 Å². The van der Waals surface area contributed by atoms with E-state index < -0.39 is 29.0 Å². The van der Waals surface area contributed by atoms with Crippen LogP contribution in [-0.2, 0) is 0 Å². The van der Waals surface area contributed by atoms with Crippen LogP contribution < -0.4 is 0 Å². The number of hydrogen-bond donors (Lipinski definition) is 1. The molecule has 0 heterocycles. The fraction of sp³-hybridized carbons (Fsp3) is 0. The average molecular weight is 287 g/mol. The lowest BCUT2D eigenvalue weighted by molar-refractivity contribution is 0.0690. The summed E-state index contributed by atoms with van der Waals surface area (Å²) in [6.45, 7) is 0. The van der Waals surface area contributed by atoms with Crippen LogP contribution in [0, 0.1) is 17.5 Å². The third-order valence-corrected chi connectivity index (χ3v) is 2.83. The predicted octanol–water partition coefficient (Wildman–Crippen LogP) is 4.12. The Kier molecular flexibility index (Phi) is 3.48. The lowest BCUT2D eigenvalue weighted by atomic mass is 10.0. The molecule has 0 unspecified atom stereocenters. The average Bonchev–Trinajstić information content (AvgIpc) is 2.36. The summed E-state index contributed by atoms with van der Waals surface area (Å²) >= 11 is 5.55. The van der Waals surface area contributed by atoms with Gasteiger partial charge in [-0.2, -0.15) is 0 Å². The van der Waals surface area contributed by atoms with Gasteiger partial charge < -0.3 is 5.11 Å². The van der Waals surface area contributed by atoms with Gasteiger partial charge in [0.2, 0.25) is 0 Å². The standard InChI is InChI=1S/C13H6ClF3O2/c14-9-5-6(1-4-10(9)15)7-2-3-8(13(18)19)12(17)11(7)16/h1-5H,(H,18,19). The van der Waals surface area contributed by atoms with Crippen LogP contribution >= 0.6 is 11.6 Å². The van der Waals surface area contributed by atoms with Crippen LogP contribution in [0.3, 0.4) is 0 Å². The van der Waals surface area contributed by atoms with Crippen molar-refractivity contribution in [1.29, 1.82) is 0 Å². The molecule has 0 aliphatic carbocycles. The molecule has 0 aliphatic heterocycles. The Hall–Kier alpha value is -2.01. The smallest absolute Gasteiger partial charge is 0.338 e. The summed E-state index contributed by atoms with van der Waals surface area (Å²) in [7, 11) is 0. The van der Waals surface area contributed by atoms with Crippen LogP contribution in [0.2, 0.25) is 5.02 Å². The molecule has 0 saturated heterocycles. The fourth-order valence-electron chi connectivity index (χ4n) is 1.60. The van der Waals surface area contributed by atoms with Gasteiger partial charge in [-0.05, 0) is 23.8 Å². The minimum atomic E-state index is -1.57. The molecule has 98 valence electrons. The minimum absolute atomic E-state index is 0.153. The molecule has 19 heavy (non-hydrogen) atoms. The maximum atomic E-state index is 13.8. The second-order valence-electron chi connectivity index (χ2n) is 3.72. The summed E-state index contributed by atoms with van der Waals surface area (Å²) in [5, 5.41) is 8.42. The number of carbonyl (C=O) groups is 1. The van der Waals surface area contributed by atoms with Gasteiger partial charge in [-0.15, -0.1) is 0 Å². The van der Waals surface area contributed by atoms with E-state index in [9.17, 15) is 18.0 Å². The molecule has 0 spiro atoms. The van der Waals surface area contributed by atoms with Crippen molar-refractivity contribution < 1.29 is 23.1 Å². The molecule has 2 nitrogen and oxygen atoms in total. The van der Waals surface area contributed by atoms with Crippen molar-refractivity contribution in [3.8, 4) is 11.1 Å². The highest BCUT2D eigenvalue weighted by molar-refractivity contribution is 6.31. The first-order valence-electron chi connectivity index (χ1n) is 5.08. The second kappa shape index (κ2) is 4.93. The summed E-state index contributed by atoms with van der Waals surface area (Å²) in [6, 6.07) is 5.41. The van der Waals surface area contributed by atoms with Crippen LogP contribution in [0.5, 0.6) is 0 Å². The summed E-state index contributed by atoms with van der Waals surface area (Å²) in [6.07, 6.45) is 0. The van der Waals surface area contributed by atoms with E-state index in [0.29, 0.717) is 0 Å². The zero-order chi connectivity index (χ0) is 14.2. The van der Waals surface area contributed by atoms with E-state index in [-0.39, 0.29) is 16.1 Å². The van der Waals surface area contributed by atoms with Gasteiger partial charge in [-0.1, -0.05) is 23.7 Å². The number of carboxylic acid groups (broad SMARTS) is 1. The van der Waals surface area contributed by atoms with Crippen molar-refractivity contribution in [3.05, 3.63) is 58.4 Å².